The molecule has 0 aliphatic rings. The Bertz CT molecular complexity index is 520. The molecular weight excluding hydrogens is 245 g/mol. The molecule has 0 radical (unpaired) electrons. The lowest BCUT2D eigenvalue weighted by molar-refractivity contribution is 0.765. The van der Waals surface area contributed by atoms with Crippen LogP contribution in [0.5, 0.6) is 0 Å². The Morgan fingerprint density at radius 3 is 2.56 bits per heavy atom. The second-order valence-corrected chi connectivity index (χ2v) is 4.44. The van der Waals surface area contributed by atoms with Crippen LogP contribution in [0.2, 0.25) is 10.2 Å². The van der Waals surface area contributed by atoms with E-state index in [0.717, 1.165) is 17.0 Å². The first kappa shape index (κ1) is 11.4. The zero-order valence-electron chi connectivity index (χ0n) is 9.04. The summed E-state index contributed by atoms with van der Waals surface area (Å²) in [5.41, 5.74) is 3.09. The molecule has 0 atom stereocenters. The van der Waals surface area contributed by atoms with Gasteiger partial charge in [-0.1, -0.05) is 23.2 Å². The lowest BCUT2D eigenvalue weighted by Crippen LogP contribution is -2.01. The van der Waals surface area contributed by atoms with Crippen LogP contribution in [-0.4, -0.2) is 14.5 Å². The summed E-state index contributed by atoms with van der Waals surface area (Å²) in [5.74, 6) is 0. The first-order valence-corrected chi connectivity index (χ1v) is 5.62. The summed E-state index contributed by atoms with van der Waals surface area (Å²) in [6, 6.07) is 1.65. The van der Waals surface area contributed by atoms with Gasteiger partial charge in [-0.15, -0.1) is 0 Å². The molecule has 0 fully saturated rings. The van der Waals surface area contributed by atoms with Crippen molar-refractivity contribution in [3.05, 3.63) is 45.7 Å². The number of pyridine rings is 1. The standard InChI is InChI=1S/C11H11Cl2N3/c1-7-8(2)16(6-15-7)5-9-4-14-11(13)3-10(9)12/h3-4,6H,5H2,1-2H3. The number of rotatable bonds is 2. The van der Waals surface area contributed by atoms with Crippen molar-refractivity contribution in [3.8, 4) is 0 Å². The maximum Gasteiger partial charge on any atom is 0.130 e. The maximum atomic E-state index is 6.08. The van der Waals surface area contributed by atoms with Gasteiger partial charge in [0.2, 0.25) is 0 Å². The average molecular weight is 256 g/mol. The van der Waals surface area contributed by atoms with E-state index in [4.69, 9.17) is 23.2 Å². The predicted molar refractivity (Wildman–Crippen MR) is 65.1 cm³/mol. The van der Waals surface area contributed by atoms with E-state index in [-0.39, 0.29) is 0 Å². The summed E-state index contributed by atoms with van der Waals surface area (Å²) < 4.78 is 2.03. The summed E-state index contributed by atoms with van der Waals surface area (Å²) in [4.78, 5) is 8.25. The van der Waals surface area contributed by atoms with Crippen LogP contribution in [0.4, 0.5) is 0 Å². The molecule has 0 aliphatic carbocycles. The predicted octanol–water partition coefficient (Wildman–Crippen LogP) is 3.25. The molecule has 2 aromatic heterocycles. The van der Waals surface area contributed by atoms with Gasteiger partial charge >= 0.3 is 0 Å². The molecule has 0 bridgehead atoms. The van der Waals surface area contributed by atoms with Crippen molar-refractivity contribution in [2.45, 2.75) is 20.4 Å². The second-order valence-electron chi connectivity index (χ2n) is 3.64. The highest BCUT2D eigenvalue weighted by atomic mass is 35.5. The van der Waals surface area contributed by atoms with Gasteiger partial charge in [0, 0.05) is 17.5 Å². The van der Waals surface area contributed by atoms with Gasteiger partial charge in [-0.2, -0.15) is 0 Å². The van der Waals surface area contributed by atoms with E-state index in [1.807, 2.05) is 18.4 Å². The van der Waals surface area contributed by atoms with E-state index < -0.39 is 0 Å². The Balaban J connectivity index is 2.30. The molecule has 2 rings (SSSR count). The molecule has 0 saturated carbocycles. The third-order valence-corrected chi connectivity index (χ3v) is 3.14. The van der Waals surface area contributed by atoms with Crippen molar-refractivity contribution in [1.82, 2.24) is 14.5 Å². The zero-order valence-corrected chi connectivity index (χ0v) is 10.5. The van der Waals surface area contributed by atoms with E-state index in [1.165, 1.54) is 0 Å². The molecule has 5 heteroatoms. The molecule has 0 aromatic carbocycles. The van der Waals surface area contributed by atoms with Crippen LogP contribution in [0.3, 0.4) is 0 Å². The van der Waals surface area contributed by atoms with Gasteiger partial charge in [-0.3, -0.25) is 0 Å². The molecule has 2 aromatic rings. The fraction of sp³-hybridized carbons (Fsp3) is 0.273. The van der Waals surface area contributed by atoms with Crippen LogP contribution in [0.15, 0.2) is 18.6 Å². The van der Waals surface area contributed by atoms with Crippen LogP contribution >= 0.6 is 23.2 Å². The van der Waals surface area contributed by atoms with Crippen LogP contribution < -0.4 is 0 Å². The number of nitrogens with zero attached hydrogens (tertiary/aromatic N) is 3. The molecule has 0 spiro atoms. The van der Waals surface area contributed by atoms with Crippen molar-refractivity contribution < 1.29 is 0 Å². The third-order valence-electron chi connectivity index (χ3n) is 2.58. The maximum absolute atomic E-state index is 6.08. The van der Waals surface area contributed by atoms with E-state index in [9.17, 15) is 0 Å². The van der Waals surface area contributed by atoms with Crippen molar-refractivity contribution >= 4 is 23.2 Å². The summed E-state index contributed by atoms with van der Waals surface area (Å²) >= 11 is 11.8. The highest BCUT2D eigenvalue weighted by Gasteiger charge is 2.06. The zero-order chi connectivity index (χ0) is 11.7. The number of imidazole rings is 1. The van der Waals surface area contributed by atoms with Gasteiger partial charge in [-0.25, -0.2) is 9.97 Å². The van der Waals surface area contributed by atoms with E-state index in [1.54, 1.807) is 18.6 Å². The largest absolute Gasteiger partial charge is 0.330 e. The monoisotopic (exact) mass is 255 g/mol. The number of aromatic nitrogens is 3. The Morgan fingerprint density at radius 2 is 2.00 bits per heavy atom. The Morgan fingerprint density at radius 1 is 1.25 bits per heavy atom. The lowest BCUT2D eigenvalue weighted by Gasteiger charge is -2.07. The minimum Gasteiger partial charge on any atom is -0.330 e. The Kier molecular flexibility index (Phi) is 3.17. The summed E-state index contributed by atoms with van der Waals surface area (Å²) in [6.45, 7) is 4.67. The minimum absolute atomic E-state index is 0.410. The average Bonchev–Trinajstić information content (AvgIpc) is 2.54. The van der Waals surface area contributed by atoms with E-state index in [0.29, 0.717) is 16.7 Å². The summed E-state index contributed by atoms with van der Waals surface area (Å²) in [6.07, 6.45) is 3.50. The van der Waals surface area contributed by atoms with Gasteiger partial charge in [0.25, 0.3) is 0 Å². The fourth-order valence-electron chi connectivity index (χ4n) is 1.44. The third kappa shape index (κ3) is 2.20. The van der Waals surface area contributed by atoms with Crippen molar-refractivity contribution in [1.29, 1.82) is 0 Å². The van der Waals surface area contributed by atoms with Gasteiger partial charge < -0.3 is 4.57 Å². The first-order chi connectivity index (χ1) is 7.58. The minimum atomic E-state index is 0.410. The number of hydrogen-bond acceptors (Lipinski definition) is 2. The molecule has 84 valence electrons. The highest BCUT2D eigenvalue weighted by Crippen LogP contribution is 2.20. The molecule has 0 amide bonds. The number of hydrogen-bond donors (Lipinski definition) is 0. The summed E-state index contributed by atoms with van der Waals surface area (Å²) in [5, 5.41) is 1.04. The van der Waals surface area contributed by atoms with Crippen molar-refractivity contribution in [2.75, 3.05) is 0 Å². The van der Waals surface area contributed by atoms with Crippen LogP contribution in [0.1, 0.15) is 17.0 Å². The molecule has 0 saturated heterocycles. The summed E-state index contributed by atoms with van der Waals surface area (Å²) in [7, 11) is 0. The molecular formula is C11H11Cl2N3. The topological polar surface area (TPSA) is 30.7 Å². The second kappa shape index (κ2) is 4.44. The molecule has 16 heavy (non-hydrogen) atoms. The number of aryl methyl sites for hydroxylation is 1. The van der Waals surface area contributed by atoms with Gasteiger partial charge in [-0.05, 0) is 19.9 Å². The SMILES string of the molecule is Cc1ncn(Cc2cnc(Cl)cc2Cl)c1C. The molecule has 3 nitrogen and oxygen atoms in total. The molecule has 2 heterocycles. The van der Waals surface area contributed by atoms with E-state index in [2.05, 4.69) is 9.97 Å². The lowest BCUT2D eigenvalue weighted by atomic mass is 10.2. The van der Waals surface area contributed by atoms with E-state index >= 15 is 0 Å². The van der Waals surface area contributed by atoms with Crippen LogP contribution in [0, 0.1) is 13.8 Å². The normalized spacial score (nSPS) is 10.8. The van der Waals surface area contributed by atoms with Crippen molar-refractivity contribution in [2.24, 2.45) is 0 Å². The quantitative estimate of drug-likeness (QED) is 0.772. The van der Waals surface area contributed by atoms with Gasteiger partial charge in [0.1, 0.15) is 5.15 Å². The first-order valence-electron chi connectivity index (χ1n) is 4.86. The smallest absolute Gasteiger partial charge is 0.130 e. The van der Waals surface area contributed by atoms with Crippen molar-refractivity contribution in [3.63, 3.8) is 0 Å². The fourth-order valence-corrected chi connectivity index (χ4v) is 1.86. The van der Waals surface area contributed by atoms with Gasteiger partial charge in [0.15, 0.2) is 0 Å². The van der Waals surface area contributed by atoms with Crippen LogP contribution in [-0.2, 0) is 6.54 Å². The Hall–Kier alpha value is -1.06. The highest BCUT2D eigenvalue weighted by molar-refractivity contribution is 6.34. The Labute approximate surface area is 104 Å². The molecule has 0 N–H and O–H groups in total. The molecule has 0 aliphatic heterocycles. The van der Waals surface area contributed by atoms with Crippen LogP contribution in [0.25, 0.3) is 0 Å². The van der Waals surface area contributed by atoms with Gasteiger partial charge in [0.05, 0.1) is 23.6 Å². The molecule has 0 unspecified atom stereocenters. The number of halogens is 2.